The minimum absolute atomic E-state index is 0.350. The highest BCUT2D eigenvalue weighted by atomic mass is 79.9. The third kappa shape index (κ3) is 4.42. The lowest BCUT2D eigenvalue weighted by atomic mass is 9.96. The number of rotatable bonds is 6. The van der Waals surface area contributed by atoms with E-state index in [4.69, 9.17) is 0 Å². The Morgan fingerprint density at radius 1 is 1.05 bits per heavy atom. The van der Waals surface area contributed by atoms with Gasteiger partial charge in [-0.3, -0.25) is 0 Å². The molecular formula is C19H24BrN. The number of benzene rings is 2. The largest absolute Gasteiger partial charge is 0.310 e. The summed E-state index contributed by atoms with van der Waals surface area (Å²) in [5.74, 6) is 0. The number of hydrogen-bond acceptors (Lipinski definition) is 1. The molecule has 1 atom stereocenters. The van der Waals surface area contributed by atoms with Gasteiger partial charge in [-0.25, -0.2) is 0 Å². The molecule has 2 rings (SSSR count). The van der Waals surface area contributed by atoms with Crippen LogP contribution in [0.1, 0.15) is 41.6 Å². The minimum Gasteiger partial charge on any atom is -0.310 e. The first-order valence-corrected chi connectivity index (χ1v) is 8.45. The lowest BCUT2D eigenvalue weighted by Crippen LogP contribution is -2.24. The third-order valence-electron chi connectivity index (χ3n) is 3.93. The van der Waals surface area contributed by atoms with Crippen LogP contribution in [0.25, 0.3) is 0 Å². The molecule has 2 aromatic carbocycles. The highest BCUT2D eigenvalue weighted by Gasteiger charge is 2.14. The molecule has 2 heteroatoms. The summed E-state index contributed by atoms with van der Waals surface area (Å²) in [6, 6.07) is 15.6. The van der Waals surface area contributed by atoms with Gasteiger partial charge in [0, 0.05) is 10.5 Å². The molecule has 2 aromatic rings. The van der Waals surface area contributed by atoms with Crippen molar-refractivity contribution < 1.29 is 0 Å². The van der Waals surface area contributed by atoms with Crippen molar-refractivity contribution in [3.05, 3.63) is 69.2 Å². The minimum atomic E-state index is 0.350. The Morgan fingerprint density at radius 2 is 1.81 bits per heavy atom. The second-order valence-electron chi connectivity index (χ2n) is 5.65. The SMILES string of the molecule is CCCNC(Cc1ccc(C)c(C)c1)c1ccccc1Br. The van der Waals surface area contributed by atoms with E-state index in [2.05, 4.69) is 84.5 Å². The molecule has 1 nitrogen and oxygen atoms in total. The summed E-state index contributed by atoms with van der Waals surface area (Å²) in [5.41, 5.74) is 5.46. The molecule has 0 aliphatic heterocycles. The number of hydrogen-bond donors (Lipinski definition) is 1. The standard InChI is InChI=1S/C19H24BrN/c1-4-11-21-19(17-7-5-6-8-18(17)20)13-16-10-9-14(2)15(3)12-16/h5-10,12,19,21H,4,11,13H2,1-3H3. The van der Waals surface area contributed by atoms with Gasteiger partial charge in [0.15, 0.2) is 0 Å². The number of aryl methyl sites for hydroxylation is 2. The topological polar surface area (TPSA) is 12.0 Å². The third-order valence-corrected chi connectivity index (χ3v) is 4.65. The molecule has 0 saturated carbocycles. The van der Waals surface area contributed by atoms with Crippen molar-refractivity contribution in [2.75, 3.05) is 6.54 Å². The van der Waals surface area contributed by atoms with Crippen molar-refractivity contribution in [2.24, 2.45) is 0 Å². The first-order chi connectivity index (χ1) is 10.1. The molecule has 0 radical (unpaired) electrons. The molecule has 1 unspecified atom stereocenters. The van der Waals surface area contributed by atoms with Gasteiger partial charge in [-0.05, 0) is 61.6 Å². The Labute approximate surface area is 136 Å². The van der Waals surface area contributed by atoms with E-state index in [-0.39, 0.29) is 0 Å². The van der Waals surface area contributed by atoms with Crippen molar-refractivity contribution in [3.8, 4) is 0 Å². The van der Waals surface area contributed by atoms with E-state index in [9.17, 15) is 0 Å². The van der Waals surface area contributed by atoms with Crippen LogP contribution in [0.4, 0.5) is 0 Å². The summed E-state index contributed by atoms with van der Waals surface area (Å²) >= 11 is 3.69. The maximum atomic E-state index is 3.69. The van der Waals surface area contributed by atoms with Crippen LogP contribution in [-0.2, 0) is 6.42 Å². The van der Waals surface area contributed by atoms with Gasteiger partial charge in [0.1, 0.15) is 0 Å². The van der Waals surface area contributed by atoms with E-state index in [1.54, 1.807) is 0 Å². The van der Waals surface area contributed by atoms with E-state index < -0.39 is 0 Å². The summed E-state index contributed by atoms with van der Waals surface area (Å²) in [4.78, 5) is 0. The molecule has 0 heterocycles. The lowest BCUT2D eigenvalue weighted by molar-refractivity contribution is 0.527. The molecule has 21 heavy (non-hydrogen) atoms. The maximum absolute atomic E-state index is 3.69. The predicted molar refractivity (Wildman–Crippen MR) is 94.8 cm³/mol. The number of halogens is 1. The number of nitrogens with one attached hydrogen (secondary N) is 1. The van der Waals surface area contributed by atoms with E-state index in [1.165, 1.54) is 26.7 Å². The monoisotopic (exact) mass is 345 g/mol. The molecule has 0 amide bonds. The molecule has 0 saturated heterocycles. The predicted octanol–water partition coefficient (Wildman–Crippen LogP) is 5.35. The quantitative estimate of drug-likeness (QED) is 0.743. The van der Waals surface area contributed by atoms with Crippen molar-refractivity contribution in [1.82, 2.24) is 5.32 Å². The van der Waals surface area contributed by atoms with E-state index in [0.29, 0.717) is 6.04 Å². The molecule has 0 spiro atoms. The average Bonchev–Trinajstić information content (AvgIpc) is 2.48. The van der Waals surface area contributed by atoms with Crippen molar-refractivity contribution in [3.63, 3.8) is 0 Å². The normalized spacial score (nSPS) is 12.4. The van der Waals surface area contributed by atoms with Crippen LogP contribution in [0, 0.1) is 13.8 Å². The lowest BCUT2D eigenvalue weighted by Gasteiger charge is -2.21. The zero-order valence-corrected chi connectivity index (χ0v) is 14.7. The van der Waals surface area contributed by atoms with Gasteiger partial charge in [0.2, 0.25) is 0 Å². The van der Waals surface area contributed by atoms with Crippen LogP contribution in [0.5, 0.6) is 0 Å². The average molecular weight is 346 g/mol. The molecular weight excluding hydrogens is 322 g/mol. The van der Waals surface area contributed by atoms with Crippen LogP contribution in [-0.4, -0.2) is 6.54 Å². The zero-order chi connectivity index (χ0) is 15.2. The molecule has 0 fully saturated rings. The van der Waals surface area contributed by atoms with Gasteiger partial charge >= 0.3 is 0 Å². The molecule has 0 bridgehead atoms. The van der Waals surface area contributed by atoms with Gasteiger partial charge in [-0.1, -0.05) is 59.3 Å². The van der Waals surface area contributed by atoms with Crippen molar-refractivity contribution >= 4 is 15.9 Å². The Morgan fingerprint density at radius 3 is 2.48 bits per heavy atom. The van der Waals surface area contributed by atoms with Crippen LogP contribution < -0.4 is 5.32 Å². The Hall–Kier alpha value is -1.12. The molecule has 0 aliphatic rings. The maximum Gasteiger partial charge on any atom is 0.0372 e. The summed E-state index contributed by atoms with van der Waals surface area (Å²) in [6.07, 6.45) is 2.16. The molecule has 0 aliphatic carbocycles. The fourth-order valence-corrected chi connectivity index (χ4v) is 3.10. The Kier molecular flexibility index (Phi) is 6.01. The van der Waals surface area contributed by atoms with Gasteiger partial charge in [0.25, 0.3) is 0 Å². The fourth-order valence-electron chi connectivity index (χ4n) is 2.53. The first kappa shape index (κ1) is 16.3. The second-order valence-corrected chi connectivity index (χ2v) is 6.51. The summed E-state index contributed by atoms with van der Waals surface area (Å²) < 4.78 is 1.18. The van der Waals surface area contributed by atoms with Crippen molar-refractivity contribution in [2.45, 2.75) is 39.7 Å². The smallest absolute Gasteiger partial charge is 0.0372 e. The van der Waals surface area contributed by atoms with Gasteiger partial charge in [0.05, 0.1) is 0 Å². The fraction of sp³-hybridized carbons (Fsp3) is 0.368. The van der Waals surface area contributed by atoms with Gasteiger partial charge in [-0.2, -0.15) is 0 Å². The molecule has 1 N–H and O–H groups in total. The molecule has 112 valence electrons. The van der Waals surface area contributed by atoms with Crippen molar-refractivity contribution in [1.29, 1.82) is 0 Å². The summed E-state index contributed by atoms with van der Waals surface area (Å²) in [7, 11) is 0. The van der Waals surface area contributed by atoms with E-state index in [0.717, 1.165) is 19.4 Å². The Balaban J connectivity index is 2.24. The zero-order valence-electron chi connectivity index (χ0n) is 13.1. The Bertz CT molecular complexity index is 592. The van der Waals surface area contributed by atoms with Crippen LogP contribution in [0.3, 0.4) is 0 Å². The summed E-state index contributed by atoms with van der Waals surface area (Å²) in [6.45, 7) is 7.60. The highest BCUT2D eigenvalue weighted by molar-refractivity contribution is 9.10. The van der Waals surface area contributed by atoms with Crippen LogP contribution >= 0.6 is 15.9 Å². The van der Waals surface area contributed by atoms with Crippen LogP contribution in [0.2, 0.25) is 0 Å². The molecule has 0 aromatic heterocycles. The van der Waals surface area contributed by atoms with E-state index in [1.807, 2.05) is 0 Å². The van der Waals surface area contributed by atoms with Gasteiger partial charge in [-0.15, -0.1) is 0 Å². The van der Waals surface area contributed by atoms with Crippen LogP contribution in [0.15, 0.2) is 46.9 Å². The highest BCUT2D eigenvalue weighted by Crippen LogP contribution is 2.26. The van der Waals surface area contributed by atoms with Gasteiger partial charge < -0.3 is 5.32 Å². The first-order valence-electron chi connectivity index (χ1n) is 7.65. The second kappa shape index (κ2) is 7.77. The summed E-state index contributed by atoms with van der Waals surface area (Å²) in [5, 5.41) is 3.68. The van der Waals surface area contributed by atoms with E-state index >= 15 is 0 Å².